The number of thioether (sulfide) groups is 1. The molecule has 0 saturated carbocycles. The molecule has 3 rings (SSSR count). The molecule has 0 spiro atoms. The number of hydrogen-bond acceptors (Lipinski definition) is 7. The summed E-state index contributed by atoms with van der Waals surface area (Å²) in [6.07, 6.45) is 0.476. The van der Waals surface area contributed by atoms with E-state index in [2.05, 4.69) is 15.0 Å². The lowest BCUT2D eigenvalue weighted by Gasteiger charge is -2.13. The molecular formula is C19H21N3O4S3. The minimum Gasteiger partial charge on any atom is -0.495 e. The van der Waals surface area contributed by atoms with Crippen molar-refractivity contribution in [2.24, 2.45) is 0 Å². The molecular weight excluding hydrogens is 430 g/mol. The fraction of sp³-hybridized carbons (Fsp3) is 0.263. The molecule has 1 amide bonds. The van der Waals surface area contributed by atoms with Gasteiger partial charge in [-0.1, -0.05) is 23.9 Å². The minimum absolute atomic E-state index is 0.0294. The number of methoxy groups -OCH3 is 1. The van der Waals surface area contributed by atoms with E-state index < -0.39 is 10.0 Å². The lowest BCUT2D eigenvalue weighted by Crippen LogP contribution is -2.18. The molecule has 1 aromatic heterocycles. The van der Waals surface area contributed by atoms with Gasteiger partial charge in [0.2, 0.25) is 15.9 Å². The van der Waals surface area contributed by atoms with Crippen molar-refractivity contribution in [3.05, 3.63) is 42.5 Å². The Labute approximate surface area is 177 Å². The molecule has 1 heterocycles. The predicted octanol–water partition coefficient (Wildman–Crippen LogP) is 4.19. The molecule has 3 aromatic rings. The molecule has 0 saturated heterocycles. The molecule has 154 valence electrons. The van der Waals surface area contributed by atoms with Crippen LogP contribution < -0.4 is 14.8 Å². The second-order valence-electron chi connectivity index (χ2n) is 6.17. The van der Waals surface area contributed by atoms with Crippen LogP contribution in [0.2, 0.25) is 0 Å². The zero-order valence-electron chi connectivity index (χ0n) is 16.0. The first-order valence-corrected chi connectivity index (χ1v) is 12.3. The monoisotopic (exact) mass is 451 g/mol. The zero-order valence-corrected chi connectivity index (χ0v) is 18.4. The molecule has 0 unspecified atom stereocenters. The van der Waals surface area contributed by atoms with Gasteiger partial charge in [0.15, 0.2) is 4.34 Å². The number of amides is 1. The molecule has 2 N–H and O–H groups in total. The molecule has 0 fully saturated rings. The Morgan fingerprint density at radius 2 is 2.03 bits per heavy atom. The van der Waals surface area contributed by atoms with Gasteiger partial charge in [-0.25, -0.2) is 13.4 Å². The van der Waals surface area contributed by atoms with Gasteiger partial charge in [0.05, 0.1) is 28.8 Å². The van der Waals surface area contributed by atoms with Gasteiger partial charge in [-0.3, -0.25) is 9.52 Å². The van der Waals surface area contributed by atoms with Crippen LogP contribution in [0.15, 0.2) is 46.8 Å². The van der Waals surface area contributed by atoms with E-state index in [0.717, 1.165) is 14.6 Å². The van der Waals surface area contributed by atoms with Gasteiger partial charge in [-0.05, 0) is 36.8 Å². The van der Waals surface area contributed by atoms with E-state index in [1.54, 1.807) is 35.2 Å². The van der Waals surface area contributed by atoms with Crippen molar-refractivity contribution < 1.29 is 17.9 Å². The van der Waals surface area contributed by atoms with E-state index in [1.165, 1.54) is 20.1 Å². The molecule has 29 heavy (non-hydrogen) atoms. The summed E-state index contributed by atoms with van der Waals surface area (Å²) in [5.41, 5.74) is 1.74. The summed E-state index contributed by atoms with van der Waals surface area (Å²) >= 11 is 3.16. The maximum atomic E-state index is 12.5. The van der Waals surface area contributed by atoms with Crippen LogP contribution >= 0.6 is 23.1 Å². The van der Waals surface area contributed by atoms with E-state index in [0.29, 0.717) is 23.6 Å². The van der Waals surface area contributed by atoms with Gasteiger partial charge in [0.25, 0.3) is 0 Å². The molecule has 10 heteroatoms. The van der Waals surface area contributed by atoms with Crippen molar-refractivity contribution in [3.8, 4) is 5.75 Å². The van der Waals surface area contributed by atoms with Crippen LogP contribution in [0.3, 0.4) is 0 Å². The average molecular weight is 452 g/mol. The molecule has 0 radical (unpaired) electrons. The van der Waals surface area contributed by atoms with Crippen LogP contribution in [0.4, 0.5) is 11.4 Å². The Morgan fingerprint density at radius 1 is 1.24 bits per heavy atom. The number of anilines is 2. The number of para-hydroxylation sites is 1. The molecule has 0 aliphatic heterocycles. The fourth-order valence-electron chi connectivity index (χ4n) is 2.61. The van der Waals surface area contributed by atoms with Crippen LogP contribution in [0.5, 0.6) is 5.75 Å². The Bertz CT molecular complexity index is 1080. The van der Waals surface area contributed by atoms with Crippen LogP contribution in [0.25, 0.3) is 10.2 Å². The number of nitrogens with one attached hydrogen (secondary N) is 2. The van der Waals surface area contributed by atoms with Gasteiger partial charge in [0.1, 0.15) is 5.75 Å². The highest BCUT2D eigenvalue weighted by Crippen LogP contribution is 2.31. The third-order valence-electron chi connectivity index (χ3n) is 3.84. The molecule has 0 aliphatic carbocycles. The number of sulfonamides is 1. The van der Waals surface area contributed by atoms with Gasteiger partial charge in [-0.15, -0.1) is 11.3 Å². The second-order valence-corrected chi connectivity index (χ2v) is 10.4. The third kappa shape index (κ3) is 6.09. The van der Waals surface area contributed by atoms with Gasteiger partial charge in [-0.2, -0.15) is 0 Å². The zero-order chi connectivity index (χ0) is 20.9. The molecule has 7 nitrogen and oxygen atoms in total. The highest BCUT2D eigenvalue weighted by Gasteiger charge is 2.15. The maximum absolute atomic E-state index is 12.5. The van der Waals surface area contributed by atoms with Crippen LogP contribution in [0.1, 0.15) is 13.3 Å². The van der Waals surface area contributed by atoms with Crippen molar-refractivity contribution in [3.63, 3.8) is 0 Å². The molecule has 2 aromatic carbocycles. The van der Waals surface area contributed by atoms with Crippen LogP contribution in [0, 0.1) is 0 Å². The Hall–Kier alpha value is -2.30. The van der Waals surface area contributed by atoms with Crippen molar-refractivity contribution in [1.82, 2.24) is 4.98 Å². The van der Waals surface area contributed by atoms with E-state index in [-0.39, 0.29) is 17.3 Å². The van der Waals surface area contributed by atoms with Crippen LogP contribution in [-0.2, 0) is 14.8 Å². The van der Waals surface area contributed by atoms with Crippen molar-refractivity contribution >= 4 is 60.6 Å². The summed E-state index contributed by atoms with van der Waals surface area (Å²) in [7, 11) is -2.11. The molecule has 0 bridgehead atoms. The number of carbonyl (C=O) groups is 1. The summed E-state index contributed by atoms with van der Waals surface area (Å²) < 4.78 is 34.8. The van der Waals surface area contributed by atoms with E-state index in [1.807, 2.05) is 24.3 Å². The fourth-order valence-corrected chi connectivity index (χ4v) is 5.99. The van der Waals surface area contributed by atoms with Crippen molar-refractivity contribution in [2.45, 2.75) is 17.7 Å². The van der Waals surface area contributed by atoms with Crippen molar-refractivity contribution in [2.75, 3.05) is 28.7 Å². The first kappa shape index (κ1) is 21.4. The highest BCUT2D eigenvalue weighted by molar-refractivity contribution is 8.01. The average Bonchev–Trinajstić information content (AvgIpc) is 3.07. The topological polar surface area (TPSA) is 97.4 Å². The minimum atomic E-state index is -3.56. The maximum Gasteiger partial charge on any atom is 0.232 e. The molecule has 0 atom stereocenters. The lowest BCUT2D eigenvalue weighted by atomic mass is 10.2. The number of fused-ring (bicyclic) bond motifs is 1. The third-order valence-corrected chi connectivity index (χ3v) is 7.47. The van der Waals surface area contributed by atoms with E-state index >= 15 is 0 Å². The number of nitrogens with zero attached hydrogens (tertiary/aromatic N) is 1. The predicted molar refractivity (Wildman–Crippen MR) is 120 cm³/mol. The number of ether oxygens (including phenoxy) is 1. The SMILES string of the molecule is COc1ccc(NC(C)=O)cc1NS(=O)(=O)CCCSc1nc2ccccc2s1. The smallest absolute Gasteiger partial charge is 0.232 e. The number of aromatic nitrogens is 1. The number of thiazole rings is 1. The second kappa shape index (κ2) is 9.47. The highest BCUT2D eigenvalue weighted by atomic mass is 32.2. The molecule has 0 aliphatic rings. The standard InChI is InChI=1S/C19H21N3O4S3/c1-13(23)20-14-8-9-17(26-2)16(12-14)22-29(24,25)11-5-10-27-19-21-15-6-3-4-7-18(15)28-19/h3-4,6-9,12,22H,5,10-11H2,1-2H3,(H,20,23). The Balaban J connectivity index is 1.57. The Kier molecular flexibility index (Phi) is 6.99. The lowest BCUT2D eigenvalue weighted by molar-refractivity contribution is -0.114. The van der Waals surface area contributed by atoms with Gasteiger partial charge < -0.3 is 10.1 Å². The summed E-state index contributed by atoms with van der Waals surface area (Å²) in [4.78, 5) is 15.8. The number of hydrogen-bond donors (Lipinski definition) is 2. The quantitative estimate of drug-likeness (QED) is 0.374. The summed E-state index contributed by atoms with van der Waals surface area (Å²) in [6.45, 7) is 1.39. The number of rotatable bonds is 9. The van der Waals surface area contributed by atoms with Gasteiger partial charge in [0, 0.05) is 18.4 Å². The number of benzene rings is 2. The van der Waals surface area contributed by atoms with Gasteiger partial charge >= 0.3 is 0 Å². The summed E-state index contributed by atoms with van der Waals surface area (Å²) in [5.74, 6) is 0.754. The summed E-state index contributed by atoms with van der Waals surface area (Å²) in [6, 6.07) is 12.7. The largest absolute Gasteiger partial charge is 0.495 e. The summed E-state index contributed by atoms with van der Waals surface area (Å²) in [5, 5.41) is 2.63. The van der Waals surface area contributed by atoms with Crippen LogP contribution in [-0.4, -0.2) is 37.9 Å². The first-order chi connectivity index (χ1) is 13.9. The van der Waals surface area contributed by atoms with E-state index in [4.69, 9.17) is 4.74 Å². The van der Waals surface area contributed by atoms with Crippen molar-refractivity contribution in [1.29, 1.82) is 0 Å². The first-order valence-electron chi connectivity index (χ1n) is 8.81. The number of carbonyl (C=O) groups excluding carboxylic acids is 1. The van der Waals surface area contributed by atoms with E-state index in [9.17, 15) is 13.2 Å². The Morgan fingerprint density at radius 3 is 2.76 bits per heavy atom. The normalized spacial score (nSPS) is 11.4.